The van der Waals surface area contributed by atoms with Crippen molar-refractivity contribution >= 4 is 29.5 Å². The van der Waals surface area contributed by atoms with Crippen LogP contribution in [0, 0.1) is 0 Å². The minimum Gasteiger partial charge on any atom is -0.449 e. The predicted molar refractivity (Wildman–Crippen MR) is 94.3 cm³/mol. The number of anilines is 1. The van der Waals surface area contributed by atoms with Crippen molar-refractivity contribution in [2.45, 2.75) is 37.8 Å². The zero-order chi connectivity index (χ0) is 17.7. The summed E-state index contributed by atoms with van der Waals surface area (Å²) < 4.78 is 6.99. The molecule has 0 radical (unpaired) electrons. The molecular formula is C17H21N3O3S. The third kappa shape index (κ3) is 4.17. The first kappa shape index (κ1) is 18.1. The van der Waals surface area contributed by atoms with Gasteiger partial charge in [0.2, 0.25) is 0 Å². The van der Waals surface area contributed by atoms with Crippen LogP contribution in [0.4, 0.5) is 5.82 Å². The number of carbonyl (C=O) groups is 2. The van der Waals surface area contributed by atoms with E-state index in [4.69, 9.17) is 4.74 Å². The van der Waals surface area contributed by atoms with E-state index in [0.29, 0.717) is 11.4 Å². The summed E-state index contributed by atoms with van der Waals surface area (Å²) in [6.45, 7) is 5.47. The molecule has 0 saturated heterocycles. The molecular weight excluding hydrogens is 326 g/mol. The van der Waals surface area contributed by atoms with Crippen LogP contribution in [-0.2, 0) is 9.53 Å². The molecule has 1 N–H and O–H groups in total. The minimum absolute atomic E-state index is 0.113. The van der Waals surface area contributed by atoms with Gasteiger partial charge >= 0.3 is 5.97 Å². The van der Waals surface area contributed by atoms with E-state index in [-0.39, 0.29) is 6.04 Å². The lowest BCUT2D eigenvalue weighted by molar-refractivity contribution is -0.123. The van der Waals surface area contributed by atoms with Crippen molar-refractivity contribution < 1.29 is 14.3 Å². The number of ether oxygens (including phenoxy) is 1. The molecule has 0 fully saturated rings. The second-order valence-corrected chi connectivity index (χ2v) is 6.34. The average Bonchev–Trinajstić information content (AvgIpc) is 3.02. The topological polar surface area (TPSA) is 73.2 Å². The van der Waals surface area contributed by atoms with Gasteiger partial charge in [-0.25, -0.2) is 9.48 Å². The van der Waals surface area contributed by atoms with Gasteiger partial charge in [0.1, 0.15) is 5.82 Å². The van der Waals surface area contributed by atoms with Gasteiger partial charge in [-0.1, -0.05) is 12.1 Å². The molecule has 2 rings (SSSR count). The second kappa shape index (κ2) is 8.01. The first-order chi connectivity index (χ1) is 11.4. The largest absolute Gasteiger partial charge is 0.449 e. The van der Waals surface area contributed by atoms with Crippen molar-refractivity contribution in [2.24, 2.45) is 0 Å². The van der Waals surface area contributed by atoms with E-state index in [0.717, 1.165) is 4.90 Å². The van der Waals surface area contributed by atoms with Gasteiger partial charge in [0, 0.05) is 17.0 Å². The predicted octanol–water partition coefficient (Wildman–Crippen LogP) is 3.37. The lowest BCUT2D eigenvalue weighted by Gasteiger charge is -2.16. The third-order valence-corrected chi connectivity index (χ3v) is 4.19. The molecule has 1 atom stereocenters. The summed E-state index contributed by atoms with van der Waals surface area (Å²) >= 11 is 1.46. The molecule has 0 aliphatic heterocycles. The molecule has 1 aromatic heterocycles. The summed E-state index contributed by atoms with van der Waals surface area (Å²) in [5.41, 5.74) is 0.455. The normalized spacial score (nSPS) is 12.0. The quantitative estimate of drug-likeness (QED) is 0.641. The Kier molecular flexibility index (Phi) is 6.03. The van der Waals surface area contributed by atoms with Crippen molar-refractivity contribution in [2.75, 3.05) is 11.6 Å². The number of nitrogens with zero attached hydrogens (tertiary/aromatic N) is 2. The highest BCUT2D eigenvalue weighted by atomic mass is 32.2. The molecule has 0 unspecified atom stereocenters. The molecule has 0 saturated carbocycles. The Morgan fingerprint density at radius 2 is 1.92 bits per heavy atom. The maximum Gasteiger partial charge on any atom is 0.340 e. The molecule has 128 valence electrons. The minimum atomic E-state index is -0.914. The second-order valence-electron chi connectivity index (χ2n) is 5.49. The number of carbonyl (C=O) groups excluding carboxylic acids is 2. The van der Waals surface area contributed by atoms with Gasteiger partial charge in [-0.15, -0.1) is 11.8 Å². The van der Waals surface area contributed by atoms with Crippen LogP contribution in [0.25, 0.3) is 0 Å². The van der Waals surface area contributed by atoms with Gasteiger partial charge in [0.15, 0.2) is 6.10 Å². The van der Waals surface area contributed by atoms with Crippen LogP contribution >= 0.6 is 11.8 Å². The smallest absolute Gasteiger partial charge is 0.340 e. The number of nitrogens with one attached hydrogen (secondary N) is 1. The zero-order valence-electron chi connectivity index (χ0n) is 14.1. The number of hydrogen-bond acceptors (Lipinski definition) is 5. The monoisotopic (exact) mass is 347 g/mol. The van der Waals surface area contributed by atoms with E-state index in [1.165, 1.54) is 11.8 Å². The highest BCUT2D eigenvalue weighted by Gasteiger charge is 2.21. The number of hydrogen-bond donors (Lipinski definition) is 1. The third-order valence-electron chi connectivity index (χ3n) is 3.39. The molecule has 6 nitrogen and oxygen atoms in total. The Morgan fingerprint density at radius 3 is 2.58 bits per heavy atom. The fourth-order valence-electron chi connectivity index (χ4n) is 2.14. The van der Waals surface area contributed by atoms with Crippen LogP contribution in [0.1, 0.15) is 37.2 Å². The highest BCUT2D eigenvalue weighted by molar-refractivity contribution is 7.98. The molecule has 0 aliphatic carbocycles. The van der Waals surface area contributed by atoms with Crippen molar-refractivity contribution in [3.8, 4) is 0 Å². The van der Waals surface area contributed by atoms with Gasteiger partial charge < -0.3 is 10.1 Å². The van der Waals surface area contributed by atoms with E-state index in [1.807, 2.05) is 32.2 Å². The van der Waals surface area contributed by atoms with E-state index in [2.05, 4.69) is 10.4 Å². The molecule has 1 amide bonds. The van der Waals surface area contributed by atoms with Gasteiger partial charge in [0.05, 0.1) is 11.8 Å². The molecule has 1 heterocycles. The first-order valence-corrected chi connectivity index (χ1v) is 8.85. The Labute approximate surface area is 145 Å². The van der Waals surface area contributed by atoms with Crippen molar-refractivity contribution in [1.29, 1.82) is 0 Å². The lowest BCUT2D eigenvalue weighted by atomic mass is 10.2. The van der Waals surface area contributed by atoms with Crippen molar-refractivity contribution in [3.63, 3.8) is 0 Å². The highest BCUT2D eigenvalue weighted by Crippen LogP contribution is 2.21. The molecule has 0 aliphatic rings. The molecule has 1 aromatic carbocycles. The van der Waals surface area contributed by atoms with Crippen LogP contribution < -0.4 is 5.32 Å². The van der Waals surface area contributed by atoms with E-state index in [9.17, 15) is 9.59 Å². The van der Waals surface area contributed by atoms with Crippen LogP contribution in [-0.4, -0.2) is 34.0 Å². The number of esters is 1. The summed E-state index contributed by atoms with van der Waals surface area (Å²) in [6, 6.07) is 8.96. The first-order valence-electron chi connectivity index (χ1n) is 7.62. The Bertz CT molecular complexity index is 727. The Morgan fingerprint density at radius 1 is 1.21 bits per heavy atom. The maximum absolute atomic E-state index is 12.3. The fourth-order valence-corrected chi connectivity index (χ4v) is 2.73. The van der Waals surface area contributed by atoms with Gasteiger partial charge in [0.25, 0.3) is 5.91 Å². The summed E-state index contributed by atoms with van der Waals surface area (Å²) in [7, 11) is 0. The van der Waals surface area contributed by atoms with Crippen molar-refractivity contribution in [3.05, 3.63) is 42.1 Å². The SMILES string of the molecule is CSc1ccccc1C(=O)O[C@H](C)C(=O)Nc1ccnn1C(C)C. The van der Waals surface area contributed by atoms with Crippen LogP contribution in [0.3, 0.4) is 0 Å². The Hall–Kier alpha value is -2.28. The summed E-state index contributed by atoms with van der Waals surface area (Å²) in [5.74, 6) is -0.338. The number of rotatable bonds is 6. The zero-order valence-corrected chi connectivity index (χ0v) is 15.0. The van der Waals surface area contributed by atoms with E-state index in [1.54, 1.807) is 36.0 Å². The number of thioether (sulfide) groups is 1. The van der Waals surface area contributed by atoms with Gasteiger partial charge in [-0.3, -0.25) is 4.79 Å². The van der Waals surface area contributed by atoms with E-state index < -0.39 is 18.0 Å². The van der Waals surface area contributed by atoms with Gasteiger partial charge in [-0.2, -0.15) is 5.10 Å². The molecule has 7 heteroatoms. The maximum atomic E-state index is 12.3. The van der Waals surface area contributed by atoms with Crippen molar-refractivity contribution in [1.82, 2.24) is 9.78 Å². The molecule has 2 aromatic rings. The average molecular weight is 347 g/mol. The van der Waals surface area contributed by atoms with Crippen LogP contribution in [0.5, 0.6) is 0 Å². The van der Waals surface area contributed by atoms with Crippen LogP contribution in [0.2, 0.25) is 0 Å². The standard InChI is InChI=1S/C17H21N3O3S/c1-11(2)20-15(9-10-18-20)19-16(21)12(3)23-17(22)13-7-5-6-8-14(13)24-4/h5-12H,1-4H3,(H,19,21)/t12-/m1/s1. The summed E-state index contributed by atoms with van der Waals surface area (Å²) in [5, 5.41) is 6.89. The fraction of sp³-hybridized carbons (Fsp3) is 0.353. The number of amides is 1. The van der Waals surface area contributed by atoms with Gasteiger partial charge in [-0.05, 0) is 39.2 Å². The Balaban J connectivity index is 2.03. The number of benzene rings is 1. The van der Waals surface area contributed by atoms with Crippen LogP contribution in [0.15, 0.2) is 41.4 Å². The summed E-state index contributed by atoms with van der Waals surface area (Å²) in [6.07, 6.45) is 2.58. The van der Waals surface area contributed by atoms with E-state index >= 15 is 0 Å². The summed E-state index contributed by atoms with van der Waals surface area (Å²) in [4.78, 5) is 25.4. The molecule has 24 heavy (non-hydrogen) atoms. The lowest BCUT2D eigenvalue weighted by Crippen LogP contribution is -2.31. The molecule has 0 bridgehead atoms. The molecule has 0 spiro atoms. The number of aromatic nitrogens is 2.